The fourth-order valence-corrected chi connectivity index (χ4v) is 3.22. The average molecular weight is 304 g/mol. The fourth-order valence-electron chi connectivity index (χ4n) is 2.41. The second-order valence-electron chi connectivity index (χ2n) is 6.11. The van der Waals surface area contributed by atoms with E-state index in [1.165, 1.54) is 5.56 Å². The highest BCUT2D eigenvalue weighted by Gasteiger charge is 2.16. The zero-order valence-corrected chi connectivity index (χ0v) is 13.8. The number of aromatic nitrogens is 1. The van der Waals surface area contributed by atoms with E-state index in [9.17, 15) is 5.11 Å². The molecule has 114 valence electrons. The van der Waals surface area contributed by atoms with Crippen LogP contribution in [0.15, 0.2) is 35.7 Å². The Morgan fingerprint density at radius 3 is 2.67 bits per heavy atom. The smallest absolute Gasteiger partial charge is 0.0945 e. The van der Waals surface area contributed by atoms with Crippen LogP contribution in [-0.4, -0.2) is 28.3 Å². The van der Waals surface area contributed by atoms with Crippen molar-refractivity contribution in [2.45, 2.75) is 45.3 Å². The lowest BCUT2D eigenvalue weighted by molar-refractivity contribution is 0.0614. The third kappa shape index (κ3) is 5.58. The maximum absolute atomic E-state index is 9.78. The minimum atomic E-state index is -0.617. The van der Waals surface area contributed by atoms with Gasteiger partial charge in [0.15, 0.2) is 0 Å². The minimum Gasteiger partial charge on any atom is -0.390 e. The molecule has 0 bridgehead atoms. The Morgan fingerprint density at radius 2 is 2.00 bits per heavy atom. The van der Waals surface area contributed by atoms with Crippen LogP contribution in [0, 0.1) is 0 Å². The first kappa shape index (κ1) is 16.1. The van der Waals surface area contributed by atoms with Crippen LogP contribution >= 0.6 is 11.3 Å². The molecule has 0 saturated carbocycles. The number of benzene rings is 1. The van der Waals surface area contributed by atoms with Crippen molar-refractivity contribution >= 4 is 11.3 Å². The first-order chi connectivity index (χ1) is 9.94. The van der Waals surface area contributed by atoms with E-state index in [-0.39, 0.29) is 0 Å². The number of thiazole rings is 1. The van der Waals surface area contributed by atoms with Crippen molar-refractivity contribution < 1.29 is 5.11 Å². The Morgan fingerprint density at radius 1 is 1.29 bits per heavy atom. The fraction of sp³-hybridized carbons (Fsp3) is 0.471. The van der Waals surface area contributed by atoms with E-state index >= 15 is 0 Å². The molecule has 0 aliphatic heterocycles. The molecule has 1 aromatic heterocycles. The molecule has 1 aromatic carbocycles. The molecule has 4 heteroatoms. The van der Waals surface area contributed by atoms with E-state index in [0.29, 0.717) is 6.04 Å². The van der Waals surface area contributed by atoms with Crippen LogP contribution in [0.1, 0.15) is 32.2 Å². The first-order valence-corrected chi connectivity index (χ1v) is 8.27. The molecular formula is C17H24N2OS. The van der Waals surface area contributed by atoms with Gasteiger partial charge in [-0.15, -0.1) is 11.3 Å². The molecule has 0 aliphatic rings. The highest BCUT2D eigenvalue weighted by atomic mass is 32.1. The zero-order valence-electron chi connectivity index (χ0n) is 13.0. The van der Waals surface area contributed by atoms with E-state index in [1.807, 2.05) is 32.0 Å². The summed E-state index contributed by atoms with van der Waals surface area (Å²) in [5.74, 6) is 0. The van der Waals surface area contributed by atoms with Gasteiger partial charge in [-0.2, -0.15) is 0 Å². The third-order valence-electron chi connectivity index (χ3n) is 3.26. The Kier molecular flexibility index (Phi) is 5.51. The molecule has 2 aromatic rings. The molecule has 0 radical (unpaired) electrons. The monoisotopic (exact) mass is 304 g/mol. The molecule has 0 spiro atoms. The van der Waals surface area contributed by atoms with Crippen molar-refractivity contribution in [3.05, 3.63) is 40.7 Å². The van der Waals surface area contributed by atoms with Crippen LogP contribution in [-0.2, 0) is 6.42 Å². The van der Waals surface area contributed by atoms with Gasteiger partial charge in [-0.25, -0.2) is 4.98 Å². The second kappa shape index (κ2) is 7.16. The van der Waals surface area contributed by atoms with Gasteiger partial charge in [0, 0.05) is 30.0 Å². The van der Waals surface area contributed by atoms with Crippen molar-refractivity contribution in [1.29, 1.82) is 0 Å². The number of rotatable bonds is 7. The molecule has 1 unspecified atom stereocenters. The van der Waals surface area contributed by atoms with Crippen molar-refractivity contribution in [1.82, 2.24) is 10.3 Å². The summed E-state index contributed by atoms with van der Waals surface area (Å²) < 4.78 is 0. The van der Waals surface area contributed by atoms with Crippen LogP contribution in [0.2, 0.25) is 0 Å². The lowest BCUT2D eigenvalue weighted by atomic mass is 10.0. The predicted molar refractivity (Wildman–Crippen MR) is 89.6 cm³/mol. The summed E-state index contributed by atoms with van der Waals surface area (Å²) in [5.41, 5.74) is 1.61. The SMILES string of the molecule is CC(CC(C)(C)O)NCCc1nc(-c2ccccc2)cs1. The van der Waals surface area contributed by atoms with Crippen molar-refractivity contribution in [3.63, 3.8) is 0 Å². The summed E-state index contributed by atoms with van der Waals surface area (Å²) in [6, 6.07) is 10.6. The molecule has 21 heavy (non-hydrogen) atoms. The molecule has 2 rings (SSSR count). The molecule has 0 aliphatic carbocycles. The molecule has 3 nitrogen and oxygen atoms in total. The molecule has 1 heterocycles. The van der Waals surface area contributed by atoms with Gasteiger partial charge < -0.3 is 10.4 Å². The zero-order chi connectivity index (χ0) is 15.3. The molecular weight excluding hydrogens is 280 g/mol. The highest BCUT2D eigenvalue weighted by Crippen LogP contribution is 2.21. The molecule has 2 N–H and O–H groups in total. The Hall–Kier alpha value is -1.23. The van der Waals surface area contributed by atoms with E-state index in [4.69, 9.17) is 0 Å². The van der Waals surface area contributed by atoms with Gasteiger partial charge in [0.05, 0.1) is 16.3 Å². The average Bonchev–Trinajstić information content (AvgIpc) is 2.86. The minimum absolute atomic E-state index is 0.304. The van der Waals surface area contributed by atoms with Gasteiger partial charge in [0.1, 0.15) is 0 Å². The van der Waals surface area contributed by atoms with E-state index < -0.39 is 5.60 Å². The lowest BCUT2D eigenvalue weighted by Gasteiger charge is -2.22. The number of nitrogens with one attached hydrogen (secondary N) is 1. The summed E-state index contributed by atoms with van der Waals surface area (Å²) in [6.45, 7) is 6.69. The summed E-state index contributed by atoms with van der Waals surface area (Å²) in [4.78, 5) is 4.68. The first-order valence-electron chi connectivity index (χ1n) is 7.39. The summed E-state index contributed by atoms with van der Waals surface area (Å²) >= 11 is 1.71. The third-order valence-corrected chi connectivity index (χ3v) is 4.17. The highest BCUT2D eigenvalue weighted by molar-refractivity contribution is 7.09. The summed E-state index contributed by atoms with van der Waals surface area (Å²) in [5, 5.41) is 16.5. The van der Waals surface area contributed by atoms with Crippen LogP contribution < -0.4 is 5.32 Å². The number of hydrogen-bond donors (Lipinski definition) is 2. The maximum atomic E-state index is 9.78. The Bertz CT molecular complexity index is 545. The van der Waals surface area contributed by atoms with Crippen LogP contribution in [0.4, 0.5) is 0 Å². The number of hydrogen-bond acceptors (Lipinski definition) is 4. The largest absolute Gasteiger partial charge is 0.390 e. The molecule has 0 amide bonds. The van der Waals surface area contributed by atoms with Crippen molar-refractivity contribution in [3.8, 4) is 11.3 Å². The van der Waals surface area contributed by atoms with Crippen LogP contribution in [0.25, 0.3) is 11.3 Å². The van der Waals surface area contributed by atoms with Crippen LogP contribution in [0.3, 0.4) is 0 Å². The molecule has 0 saturated heterocycles. The molecule has 0 fully saturated rings. The van der Waals surface area contributed by atoms with Gasteiger partial charge >= 0.3 is 0 Å². The topological polar surface area (TPSA) is 45.1 Å². The van der Waals surface area contributed by atoms with Crippen molar-refractivity contribution in [2.24, 2.45) is 0 Å². The van der Waals surface area contributed by atoms with Gasteiger partial charge in [0.25, 0.3) is 0 Å². The van der Waals surface area contributed by atoms with E-state index in [1.54, 1.807) is 11.3 Å². The molecule has 1 atom stereocenters. The number of nitrogens with zero attached hydrogens (tertiary/aromatic N) is 1. The van der Waals surface area contributed by atoms with Gasteiger partial charge in [-0.1, -0.05) is 30.3 Å². The maximum Gasteiger partial charge on any atom is 0.0945 e. The second-order valence-corrected chi connectivity index (χ2v) is 7.06. The van der Waals surface area contributed by atoms with Crippen molar-refractivity contribution in [2.75, 3.05) is 6.54 Å². The van der Waals surface area contributed by atoms with Crippen LogP contribution in [0.5, 0.6) is 0 Å². The van der Waals surface area contributed by atoms with Gasteiger partial charge in [-0.3, -0.25) is 0 Å². The van der Waals surface area contributed by atoms with E-state index in [0.717, 1.165) is 30.1 Å². The summed E-state index contributed by atoms with van der Waals surface area (Å²) in [6.07, 6.45) is 1.67. The van der Waals surface area contributed by atoms with Gasteiger partial charge in [-0.05, 0) is 27.2 Å². The summed E-state index contributed by atoms with van der Waals surface area (Å²) in [7, 11) is 0. The van der Waals surface area contributed by atoms with Gasteiger partial charge in [0.2, 0.25) is 0 Å². The Balaban J connectivity index is 1.81. The Labute approximate surface area is 131 Å². The predicted octanol–water partition coefficient (Wildman–Crippen LogP) is 3.49. The standard InChI is InChI=1S/C17H24N2OS/c1-13(11-17(2,3)20)18-10-9-16-19-15(12-21-16)14-7-5-4-6-8-14/h4-8,12-13,18,20H,9-11H2,1-3H3. The quantitative estimate of drug-likeness (QED) is 0.823. The normalized spacial score (nSPS) is 13.3. The van der Waals surface area contributed by atoms with E-state index in [2.05, 4.69) is 34.7 Å². The lowest BCUT2D eigenvalue weighted by Crippen LogP contribution is -2.35. The number of aliphatic hydroxyl groups is 1.